The first-order valence-corrected chi connectivity index (χ1v) is 24.6. The Balaban J connectivity index is 1.37. The van der Waals surface area contributed by atoms with Gasteiger partial charge in [0.25, 0.3) is 0 Å². The molecule has 0 unspecified atom stereocenters. The fourth-order valence-electron chi connectivity index (χ4n) is 11.6. The van der Waals surface area contributed by atoms with Gasteiger partial charge in [-0.2, -0.15) is 0 Å². The number of nitrogens with two attached hydrogens (primary N) is 1. The lowest BCUT2D eigenvalue weighted by Gasteiger charge is -2.56. The molecular weight excluding hydrogens is 845 g/mol. The van der Waals surface area contributed by atoms with Gasteiger partial charge in [0, 0.05) is 36.9 Å². The molecule has 2 heterocycles. The van der Waals surface area contributed by atoms with E-state index >= 15 is 0 Å². The summed E-state index contributed by atoms with van der Waals surface area (Å²) in [5.74, 6) is -1.44. The molecule has 2 aliphatic carbocycles. The molecule has 6 rings (SSSR count). The quantitative estimate of drug-likeness (QED) is 0.0723. The maximum absolute atomic E-state index is 14.8. The second-order valence-electron chi connectivity index (χ2n) is 20.2. The molecule has 2 aliphatic heterocycles. The molecule has 366 valence electrons. The number of unbranched alkanes of at least 4 members (excludes halogenated alkanes) is 1. The molecule has 1 spiro atoms. The van der Waals surface area contributed by atoms with Gasteiger partial charge in [0.15, 0.2) is 5.78 Å². The molecule has 4 aliphatic rings. The molecular formula is C55H78N4O8. The van der Waals surface area contributed by atoms with Gasteiger partial charge < -0.3 is 47.0 Å². The number of ketones is 1. The molecule has 0 aromatic heterocycles. The predicted molar refractivity (Wildman–Crippen MR) is 264 cm³/mol. The lowest BCUT2D eigenvalue weighted by Crippen LogP contribution is -2.59. The van der Waals surface area contributed by atoms with Crippen LogP contribution in [-0.2, 0) is 28.9 Å². The van der Waals surface area contributed by atoms with Crippen molar-refractivity contribution >= 4 is 11.7 Å². The summed E-state index contributed by atoms with van der Waals surface area (Å²) in [5.41, 5.74) is 12.1. The molecule has 1 amide bonds. The van der Waals surface area contributed by atoms with Gasteiger partial charge in [0.1, 0.15) is 12.2 Å². The second kappa shape index (κ2) is 23.5. The Morgan fingerprint density at radius 2 is 1.75 bits per heavy atom. The van der Waals surface area contributed by atoms with Crippen molar-refractivity contribution in [2.45, 2.75) is 153 Å². The van der Waals surface area contributed by atoms with Crippen molar-refractivity contribution < 1.29 is 40.2 Å². The van der Waals surface area contributed by atoms with Crippen LogP contribution in [0.3, 0.4) is 0 Å². The molecule has 67 heavy (non-hydrogen) atoms. The molecule has 0 saturated heterocycles. The number of aliphatic hydroxyl groups is 6. The van der Waals surface area contributed by atoms with Gasteiger partial charge in [-0.3, -0.25) is 14.9 Å². The number of β-amino-alcohol motifs (C(OH)–C–C–N with tert-alkyl or cyclic N) is 1. The standard InChI is InChI=1S/C55H78N4O8/c1-34(2)17-22-47(57-27-6-7-28-60)35(3)11-8-15-40(33-61)44-24-26-55(51(44)65)46-21-20-41(62)30-38-13-9-12-37(29-38)18-19-42(63)32-58-50-49-39(14-10-16-45(49)52(56)59-53(50)66)31-48(64)36(4)43(46)23-25-54(55,5)67/h8-17,29,41-42,44,46-47,50-52,57-58,60-63,65,67H,3,6-7,18-28,30-33,56H2,1-2,4-5H3,(H,59,66)/b11-8+,40-15-,43-36+/t41-,42-,44+,46+,47-,50-,51+,52-,54+,55+/m0/s1. The molecule has 12 heteroatoms. The molecule has 12 nitrogen and oxygen atoms in total. The fourth-order valence-corrected chi connectivity index (χ4v) is 11.6. The molecule has 10 atom stereocenters. The zero-order valence-electron chi connectivity index (χ0n) is 40.3. The van der Waals surface area contributed by atoms with Crippen molar-refractivity contribution in [3.8, 4) is 0 Å². The number of allylic oxidation sites excluding steroid dienone is 5. The molecule has 0 radical (unpaired) electrons. The second-order valence-corrected chi connectivity index (χ2v) is 20.2. The van der Waals surface area contributed by atoms with Gasteiger partial charge >= 0.3 is 0 Å². The number of carbonyl (C=O) groups excluding carboxylic acids is 2. The number of amides is 1. The lowest BCUT2D eigenvalue weighted by molar-refractivity contribution is -0.168. The summed E-state index contributed by atoms with van der Waals surface area (Å²) < 4.78 is 0. The number of carbonyl (C=O) groups is 2. The van der Waals surface area contributed by atoms with E-state index in [1.807, 2.05) is 61.5 Å². The Morgan fingerprint density at radius 3 is 2.49 bits per heavy atom. The van der Waals surface area contributed by atoms with Crippen molar-refractivity contribution in [3.63, 3.8) is 0 Å². The van der Waals surface area contributed by atoms with E-state index in [-0.39, 0.29) is 43.9 Å². The monoisotopic (exact) mass is 923 g/mol. The van der Waals surface area contributed by atoms with Gasteiger partial charge in [0.05, 0.1) is 30.5 Å². The van der Waals surface area contributed by atoms with Crippen LogP contribution in [0.2, 0.25) is 0 Å². The van der Waals surface area contributed by atoms with E-state index in [2.05, 4.69) is 48.5 Å². The smallest absolute Gasteiger partial charge is 0.243 e. The fraction of sp³-hybridized carbons (Fsp3) is 0.564. The Hall–Kier alpha value is -4.08. The molecule has 2 aromatic carbocycles. The summed E-state index contributed by atoms with van der Waals surface area (Å²) in [4.78, 5) is 28.3. The van der Waals surface area contributed by atoms with Crippen molar-refractivity contribution in [1.82, 2.24) is 16.0 Å². The number of benzene rings is 2. The van der Waals surface area contributed by atoms with Crippen molar-refractivity contribution in [3.05, 3.63) is 129 Å². The first kappa shape index (κ1) is 52.3. The van der Waals surface area contributed by atoms with E-state index in [9.17, 15) is 40.2 Å². The van der Waals surface area contributed by atoms with Crippen LogP contribution in [0.25, 0.3) is 0 Å². The average Bonchev–Trinajstić information content (AvgIpc) is 3.63. The number of hydrogen-bond acceptors (Lipinski definition) is 11. The topological polar surface area (TPSA) is 218 Å². The summed E-state index contributed by atoms with van der Waals surface area (Å²) in [7, 11) is 0. The van der Waals surface area contributed by atoms with Gasteiger partial charge in [-0.15, -0.1) is 0 Å². The third-order valence-corrected chi connectivity index (χ3v) is 15.4. The average molecular weight is 923 g/mol. The summed E-state index contributed by atoms with van der Waals surface area (Å²) in [6, 6.07) is 12.7. The lowest BCUT2D eigenvalue weighted by atomic mass is 9.52. The van der Waals surface area contributed by atoms with Gasteiger partial charge in [-0.05, 0) is 162 Å². The highest BCUT2D eigenvalue weighted by Crippen LogP contribution is 2.63. The number of aryl methyl sites for hydroxylation is 1. The van der Waals surface area contributed by atoms with E-state index < -0.39 is 53.4 Å². The predicted octanol–water partition coefficient (Wildman–Crippen LogP) is 5.56. The first-order valence-electron chi connectivity index (χ1n) is 24.6. The van der Waals surface area contributed by atoms with Crippen LogP contribution in [0.1, 0.15) is 132 Å². The van der Waals surface area contributed by atoms with E-state index in [0.717, 1.165) is 41.7 Å². The van der Waals surface area contributed by atoms with Crippen LogP contribution in [0.4, 0.5) is 0 Å². The minimum atomic E-state index is -1.35. The third-order valence-electron chi connectivity index (χ3n) is 15.4. The zero-order valence-corrected chi connectivity index (χ0v) is 40.3. The minimum Gasteiger partial charge on any atom is -0.396 e. The SMILES string of the molecule is C=C(/C=C/C=C(/CO)[C@H]1CC[C@@]2([C@@H]3CC[C@H](O)Cc4cccc(c4)CC[C@H](O)CN[C@@H]4C(=O)N[C@H](N)c5cccc(c54)CC(=O)/C(C)=C/3CC[C@@]2(C)O)[C@@H]1O)[C@H](CC=C(C)C)NCCCCO. The van der Waals surface area contributed by atoms with Crippen molar-refractivity contribution in [2.24, 2.45) is 23.0 Å². The van der Waals surface area contributed by atoms with Crippen LogP contribution in [0, 0.1) is 17.3 Å². The van der Waals surface area contributed by atoms with Crippen molar-refractivity contribution in [1.29, 1.82) is 0 Å². The maximum atomic E-state index is 14.8. The number of rotatable bonds is 12. The first-order chi connectivity index (χ1) is 32.0. The Kier molecular flexibility index (Phi) is 18.3. The largest absolute Gasteiger partial charge is 0.396 e. The molecule has 2 bridgehead atoms. The zero-order chi connectivity index (χ0) is 48.5. The van der Waals surface area contributed by atoms with Crippen LogP contribution in [0.5, 0.6) is 0 Å². The van der Waals surface area contributed by atoms with Crippen LogP contribution < -0.4 is 21.7 Å². The normalized spacial score (nSPS) is 31.5. The summed E-state index contributed by atoms with van der Waals surface area (Å²) in [6.45, 7) is 12.8. The number of hydrogen-bond donors (Lipinski definition) is 10. The maximum Gasteiger partial charge on any atom is 0.243 e. The van der Waals surface area contributed by atoms with E-state index in [1.165, 1.54) is 5.57 Å². The molecule has 2 aromatic rings. The molecule has 2 fully saturated rings. The van der Waals surface area contributed by atoms with Crippen LogP contribution in [-0.4, -0.2) is 98.6 Å². The van der Waals surface area contributed by atoms with Gasteiger partial charge in [-0.1, -0.05) is 84.5 Å². The van der Waals surface area contributed by atoms with Gasteiger partial charge in [-0.25, -0.2) is 0 Å². The minimum absolute atomic E-state index is 0.0137. The highest BCUT2D eigenvalue weighted by molar-refractivity contribution is 5.98. The number of aliphatic hydroxyl groups excluding tert-OH is 5. The van der Waals surface area contributed by atoms with Gasteiger partial charge in [0.2, 0.25) is 5.91 Å². The Morgan fingerprint density at radius 1 is 0.985 bits per heavy atom. The number of Topliss-reactive ketones (excluding diaryl/α,β-unsaturated/α-hetero) is 1. The molecule has 2 saturated carbocycles. The van der Waals surface area contributed by atoms with Crippen LogP contribution in [0.15, 0.2) is 101 Å². The van der Waals surface area contributed by atoms with Crippen LogP contribution >= 0.6 is 0 Å². The van der Waals surface area contributed by atoms with E-state index in [0.29, 0.717) is 92.0 Å². The van der Waals surface area contributed by atoms with E-state index in [4.69, 9.17) is 5.73 Å². The third kappa shape index (κ3) is 12.2. The Bertz CT molecular complexity index is 2190. The Labute approximate surface area is 398 Å². The summed E-state index contributed by atoms with van der Waals surface area (Å²) in [6.07, 6.45) is 10.6. The highest BCUT2D eigenvalue weighted by atomic mass is 16.3. The van der Waals surface area contributed by atoms with E-state index in [1.54, 1.807) is 6.92 Å². The molecule has 11 N–H and O–H groups in total. The summed E-state index contributed by atoms with van der Waals surface area (Å²) in [5, 5.41) is 78.1. The number of nitrogens with one attached hydrogen (secondary N) is 3. The number of fused-ring (bicyclic) bond motifs is 4. The summed E-state index contributed by atoms with van der Waals surface area (Å²) >= 11 is 0. The highest BCUT2D eigenvalue weighted by Gasteiger charge is 2.64. The van der Waals surface area contributed by atoms with Crippen molar-refractivity contribution in [2.75, 3.05) is 26.3 Å².